The summed E-state index contributed by atoms with van der Waals surface area (Å²) >= 11 is 0. The van der Waals surface area contributed by atoms with Gasteiger partial charge in [-0.1, -0.05) is 12.2 Å². The zero-order chi connectivity index (χ0) is 20.1. The van der Waals surface area contributed by atoms with Crippen molar-refractivity contribution in [1.82, 2.24) is 9.78 Å². The fourth-order valence-corrected chi connectivity index (χ4v) is 5.07. The number of aromatic nitrogens is 2. The lowest BCUT2D eigenvalue weighted by molar-refractivity contribution is -0.0933. The van der Waals surface area contributed by atoms with Crippen molar-refractivity contribution in [3.05, 3.63) is 42.3 Å². The Labute approximate surface area is 159 Å². The van der Waals surface area contributed by atoms with Gasteiger partial charge in [-0.05, 0) is 25.0 Å². The van der Waals surface area contributed by atoms with Crippen LogP contribution in [0.25, 0.3) is 10.9 Å². The summed E-state index contributed by atoms with van der Waals surface area (Å²) in [5, 5.41) is 15.3. The summed E-state index contributed by atoms with van der Waals surface area (Å²) < 4.78 is 64.9. The molecule has 0 atom stereocenters. The van der Waals surface area contributed by atoms with Crippen LogP contribution in [0.15, 0.2) is 42.3 Å². The van der Waals surface area contributed by atoms with E-state index < -0.39 is 21.7 Å². The van der Waals surface area contributed by atoms with Crippen molar-refractivity contribution in [3.8, 4) is 5.75 Å². The molecule has 2 aromatic rings. The first-order valence-electron chi connectivity index (χ1n) is 8.78. The normalized spacial score (nSPS) is 20.5. The van der Waals surface area contributed by atoms with Gasteiger partial charge in [-0.2, -0.15) is 18.3 Å². The van der Waals surface area contributed by atoms with Crippen LogP contribution in [-0.2, 0) is 9.84 Å². The number of hydrogen-bond donors (Lipinski definition) is 1. The summed E-state index contributed by atoms with van der Waals surface area (Å²) in [4.78, 5) is 1.01. The highest BCUT2D eigenvalue weighted by molar-refractivity contribution is 7.91. The Kier molecular flexibility index (Phi) is 4.40. The summed E-state index contributed by atoms with van der Waals surface area (Å²) in [5.41, 5.74) is -0.361. The van der Waals surface area contributed by atoms with E-state index in [1.807, 2.05) is 0 Å². The predicted octanol–water partition coefficient (Wildman–Crippen LogP) is 3.31. The Bertz CT molecular complexity index is 1070. The molecule has 0 saturated carbocycles. The highest BCUT2D eigenvalue weighted by Gasteiger charge is 2.39. The third-order valence-corrected chi connectivity index (χ3v) is 6.78. The molecule has 1 aromatic carbocycles. The van der Waals surface area contributed by atoms with Crippen molar-refractivity contribution in [2.75, 3.05) is 23.0 Å². The second kappa shape index (κ2) is 6.54. The molecule has 0 spiro atoms. The number of anilines is 1. The molecule has 1 aromatic heterocycles. The summed E-state index contributed by atoms with van der Waals surface area (Å²) in [6.07, 6.45) is 1.90. The van der Waals surface area contributed by atoms with E-state index in [9.17, 15) is 26.7 Å². The van der Waals surface area contributed by atoms with Crippen molar-refractivity contribution >= 4 is 26.4 Å². The number of phenols is 1. The summed E-state index contributed by atoms with van der Waals surface area (Å²) in [7, 11) is -3.01. The molecule has 28 heavy (non-hydrogen) atoms. The minimum Gasteiger partial charge on any atom is -0.506 e. The lowest BCUT2D eigenvalue weighted by Crippen LogP contribution is -2.33. The van der Waals surface area contributed by atoms with Gasteiger partial charge in [0.25, 0.3) is 0 Å². The molecule has 1 saturated heterocycles. The molecule has 2 aliphatic heterocycles. The quantitative estimate of drug-likeness (QED) is 0.818. The van der Waals surface area contributed by atoms with Crippen molar-refractivity contribution in [2.24, 2.45) is 0 Å². The Morgan fingerprint density at radius 3 is 2.57 bits per heavy atom. The standard InChI is InChI=1S/C18H18F3N3O3S/c19-18(20,21)17-3-1-2-6-23(17)15-9-12-11-24(22-14(12)10-16(15)25)13-4-7-28(26,27)8-5-13/h1-3,9-11,13,25H,4-8H2. The SMILES string of the molecule is O=S1(=O)CCC(n2cc3cc(N4CC=CC=C4C(F)(F)F)c(O)cc3n2)CC1. The average molecular weight is 413 g/mol. The van der Waals surface area contributed by atoms with Crippen molar-refractivity contribution in [1.29, 1.82) is 0 Å². The van der Waals surface area contributed by atoms with Gasteiger partial charge in [0.05, 0.1) is 28.8 Å². The molecule has 0 amide bonds. The molecule has 0 aliphatic carbocycles. The summed E-state index contributed by atoms with van der Waals surface area (Å²) in [6.45, 7) is -0.0148. The number of nitrogens with zero attached hydrogens (tertiary/aromatic N) is 3. The van der Waals surface area contributed by atoms with E-state index in [-0.39, 0.29) is 35.5 Å². The molecule has 6 nitrogen and oxygen atoms in total. The predicted molar refractivity (Wildman–Crippen MR) is 98.9 cm³/mol. The van der Waals surface area contributed by atoms with E-state index >= 15 is 0 Å². The molecule has 150 valence electrons. The monoisotopic (exact) mass is 413 g/mol. The number of fused-ring (bicyclic) bond motifs is 1. The van der Waals surface area contributed by atoms with E-state index in [0.717, 1.165) is 11.0 Å². The van der Waals surface area contributed by atoms with Gasteiger partial charge in [0.1, 0.15) is 21.3 Å². The number of benzene rings is 1. The maximum atomic E-state index is 13.3. The molecule has 0 bridgehead atoms. The number of rotatable bonds is 2. The molecule has 3 heterocycles. The Morgan fingerprint density at radius 1 is 1.18 bits per heavy atom. The van der Waals surface area contributed by atoms with Crippen LogP contribution in [0.1, 0.15) is 18.9 Å². The second-order valence-electron chi connectivity index (χ2n) is 6.98. The molecular weight excluding hydrogens is 395 g/mol. The zero-order valence-corrected chi connectivity index (χ0v) is 15.5. The third kappa shape index (κ3) is 3.48. The van der Waals surface area contributed by atoms with Gasteiger partial charge in [-0.3, -0.25) is 4.68 Å². The number of phenolic OH excluding ortho intramolecular Hbond substituents is 1. The molecule has 0 radical (unpaired) electrons. The van der Waals surface area contributed by atoms with E-state index in [4.69, 9.17) is 0 Å². The number of halogens is 3. The number of allylic oxidation sites excluding steroid dienone is 3. The van der Waals surface area contributed by atoms with Crippen LogP contribution in [0.5, 0.6) is 5.75 Å². The maximum Gasteiger partial charge on any atom is 0.431 e. The van der Waals surface area contributed by atoms with Gasteiger partial charge >= 0.3 is 6.18 Å². The van der Waals surface area contributed by atoms with Gasteiger partial charge in [-0.25, -0.2) is 8.42 Å². The smallest absolute Gasteiger partial charge is 0.431 e. The number of sulfone groups is 1. The average Bonchev–Trinajstić information content (AvgIpc) is 3.03. The molecular formula is C18H18F3N3O3S. The third-order valence-electron chi connectivity index (χ3n) is 5.07. The first-order valence-corrected chi connectivity index (χ1v) is 10.6. The van der Waals surface area contributed by atoms with Crippen LogP contribution in [0, 0.1) is 0 Å². The molecule has 1 fully saturated rings. The van der Waals surface area contributed by atoms with Gasteiger partial charge in [0.15, 0.2) is 0 Å². The topological polar surface area (TPSA) is 75.4 Å². The van der Waals surface area contributed by atoms with Crippen LogP contribution >= 0.6 is 0 Å². The van der Waals surface area contributed by atoms with Crippen molar-refractivity contribution < 1.29 is 26.7 Å². The summed E-state index contributed by atoms with van der Waals surface area (Å²) in [6, 6.07) is 2.73. The molecule has 10 heteroatoms. The van der Waals surface area contributed by atoms with E-state index in [1.165, 1.54) is 18.2 Å². The minimum absolute atomic E-state index is 0.0148. The largest absolute Gasteiger partial charge is 0.506 e. The van der Waals surface area contributed by atoms with Crippen LogP contribution < -0.4 is 4.90 Å². The van der Waals surface area contributed by atoms with Crippen LogP contribution in [0.3, 0.4) is 0 Å². The van der Waals surface area contributed by atoms with E-state index in [0.29, 0.717) is 23.7 Å². The highest BCUT2D eigenvalue weighted by Crippen LogP contribution is 2.40. The van der Waals surface area contributed by atoms with Gasteiger partial charge < -0.3 is 10.0 Å². The van der Waals surface area contributed by atoms with Crippen molar-refractivity contribution in [3.63, 3.8) is 0 Å². The number of aromatic hydroxyl groups is 1. The lowest BCUT2D eigenvalue weighted by Gasteiger charge is -2.30. The first kappa shape index (κ1) is 18.9. The van der Waals surface area contributed by atoms with Crippen LogP contribution in [-0.4, -0.2) is 47.5 Å². The van der Waals surface area contributed by atoms with Crippen LogP contribution in [0.4, 0.5) is 18.9 Å². The van der Waals surface area contributed by atoms with Gasteiger partial charge in [0, 0.05) is 24.2 Å². The van der Waals surface area contributed by atoms with E-state index in [1.54, 1.807) is 17.0 Å². The number of alkyl halides is 3. The first-order chi connectivity index (χ1) is 13.1. The number of hydrogen-bond acceptors (Lipinski definition) is 5. The lowest BCUT2D eigenvalue weighted by atomic mass is 10.1. The molecule has 4 rings (SSSR count). The summed E-state index contributed by atoms with van der Waals surface area (Å²) in [5.74, 6) is -0.122. The second-order valence-corrected chi connectivity index (χ2v) is 9.28. The Hall–Kier alpha value is -2.49. The van der Waals surface area contributed by atoms with Crippen LogP contribution in [0.2, 0.25) is 0 Å². The van der Waals surface area contributed by atoms with Gasteiger partial charge in [-0.15, -0.1) is 0 Å². The van der Waals surface area contributed by atoms with E-state index in [2.05, 4.69) is 5.10 Å². The molecule has 0 unspecified atom stereocenters. The Morgan fingerprint density at radius 2 is 1.89 bits per heavy atom. The Balaban J connectivity index is 1.69. The highest BCUT2D eigenvalue weighted by atomic mass is 32.2. The molecule has 2 aliphatic rings. The maximum absolute atomic E-state index is 13.3. The minimum atomic E-state index is -4.55. The zero-order valence-electron chi connectivity index (χ0n) is 14.7. The fraction of sp³-hybridized carbons (Fsp3) is 0.389. The molecule has 1 N–H and O–H groups in total. The fourth-order valence-electron chi connectivity index (χ4n) is 3.60. The van der Waals surface area contributed by atoms with Crippen molar-refractivity contribution in [2.45, 2.75) is 25.1 Å². The van der Waals surface area contributed by atoms with Gasteiger partial charge in [0.2, 0.25) is 0 Å².